The van der Waals surface area contributed by atoms with Crippen molar-refractivity contribution < 1.29 is 4.79 Å². The van der Waals surface area contributed by atoms with Gasteiger partial charge in [0.05, 0.1) is 34.4 Å². The number of aromatic nitrogens is 2. The fraction of sp³-hybridized carbons (Fsp3) is 0.0333. The van der Waals surface area contributed by atoms with E-state index in [1.807, 2.05) is 97.1 Å². The van der Waals surface area contributed by atoms with Crippen LogP contribution in [-0.4, -0.2) is 15.5 Å². The Balaban J connectivity index is 1.55. The summed E-state index contributed by atoms with van der Waals surface area (Å²) in [6.07, 6.45) is 1.74. The molecule has 5 nitrogen and oxygen atoms in total. The first kappa shape index (κ1) is 22.2. The summed E-state index contributed by atoms with van der Waals surface area (Å²) in [5.41, 5.74) is 4.29. The lowest BCUT2D eigenvalue weighted by atomic mass is 10.1. The van der Waals surface area contributed by atoms with E-state index in [1.54, 1.807) is 21.6 Å². The third kappa shape index (κ3) is 3.85. The Kier molecular flexibility index (Phi) is 5.58. The number of halogens is 1. The summed E-state index contributed by atoms with van der Waals surface area (Å²) in [4.78, 5) is 34.0. The van der Waals surface area contributed by atoms with Crippen molar-refractivity contribution in [1.29, 1.82) is 0 Å². The highest BCUT2D eigenvalue weighted by molar-refractivity contribution is 9.10. The van der Waals surface area contributed by atoms with Crippen LogP contribution in [0.1, 0.15) is 17.0 Å². The molecule has 1 amide bonds. The van der Waals surface area contributed by atoms with E-state index >= 15 is 0 Å². The van der Waals surface area contributed by atoms with Gasteiger partial charge in [-0.2, -0.15) is 0 Å². The number of para-hydroxylation sites is 2. The second kappa shape index (κ2) is 9.06. The van der Waals surface area contributed by atoms with Gasteiger partial charge in [-0.1, -0.05) is 76.6 Å². The molecule has 0 saturated carbocycles. The number of rotatable bonds is 4. The number of amides is 1. The van der Waals surface area contributed by atoms with Crippen LogP contribution in [0.3, 0.4) is 0 Å². The molecule has 0 saturated heterocycles. The molecule has 0 fully saturated rings. The Morgan fingerprint density at radius 2 is 1.47 bits per heavy atom. The zero-order chi connectivity index (χ0) is 24.6. The van der Waals surface area contributed by atoms with Gasteiger partial charge in [0.25, 0.3) is 11.5 Å². The maximum absolute atomic E-state index is 13.7. The monoisotopic (exact) mass is 533 g/mol. The Morgan fingerprint density at radius 1 is 0.778 bits per heavy atom. The Bertz CT molecular complexity index is 1710. The molecular formula is C30H20BrN3O2. The van der Waals surface area contributed by atoms with Gasteiger partial charge in [0.15, 0.2) is 0 Å². The molecule has 6 rings (SSSR count). The van der Waals surface area contributed by atoms with Crippen molar-refractivity contribution in [3.05, 3.63) is 135 Å². The molecule has 174 valence electrons. The molecule has 0 unspecified atom stereocenters. The fourth-order valence-electron chi connectivity index (χ4n) is 4.58. The number of carbonyl (C=O) groups is 1. The van der Waals surface area contributed by atoms with Crippen LogP contribution in [0.2, 0.25) is 0 Å². The van der Waals surface area contributed by atoms with Crippen molar-refractivity contribution in [2.75, 3.05) is 4.90 Å². The number of fused-ring (bicyclic) bond motifs is 2. The molecule has 2 heterocycles. The van der Waals surface area contributed by atoms with E-state index in [0.717, 1.165) is 21.3 Å². The molecule has 0 radical (unpaired) electrons. The van der Waals surface area contributed by atoms with Gasteiger partial charge >= 0.3 is 0 Å². The SMILES string of the molecule is O=C1/C(=C/c2nc3ccccc3c(=O)n2-c2ccc(Br)cc2)c2ccccc2N1Cc1ccccc1. The summed E-state index contributed by atoms with van der Waals surface area (Å²) in [6, 6.07) is 32.4. The van der Waals surface area contributed by atoms with Crippen molar-refractivity contribution in [1.82, 2.24) is 9.55 Å². The molecule has 0 spiro atoms. The van der Waals surface area contributed by atoms with Gasteiger partial charge < -0.3 is 4.90 Å². The first-order valence-electron chi connectivity index (χ1n) is 11.5. The average Bonchev–Trinajstić information content (AvgIpc) is 3.16. The van der Waals surface area contributed by atoms with Crippen LogP contribution in [0.25, 0.3) is 28.2 Å². The summed E-state index contributed by atoms with van der Waals surface area (Å²) >= 11 is 3.46. The first-order valence-corrected chi connectivity index (χ1v) is 12.3. The number of nitrogens with zero attached hydrogens (tertiary/aromatic N) is 3. The van der Waals surface area contributed by atoms with E-state index in [1.165, 1.54) is 0 Å². The summed E-state index contributed by atoms with van der Waals surface area (Å²) < 4.78 is 2.47. The summed E-state index contributed by atoms with van der Waals surface area (Å²) in [5, 5.41) is 0.520. The zero-order valence-corrected chi connectivity index (χ0v) is 20.7. The van der Waals surface area contributed by atoms with E-state index in [0.29, 0.717) is 34.5 Å². The minimum absolute atomic E-state index is 0.121. The van der Waals surface area contributed by atoms with Crippen LogP contribution in [0.5, 0.6) is 0 Å². The van der Waals surface area contributed by atoms with Crippen LogP contribution in [0.4, 0.5) is 5.69 Å². The quantitative estimate of drug-likeness (QED) is 0.257. The van der Waals surface area contributed by atoms with Gasteiger partial charge in [-0.15, -0.1) is 0 Å². The Morgan fingerprint density at radius 3 is 2.28 bits per heavy atom. The normalized spacial score (nSPS) is 14.0. The van der Waals surface area contributed by atoms with Crippen molar-refractivity contribution in [2.24, 2.45) is 0 Å². The molecule has 0 N–H and O–H groups in total. The highest BCUT2D eigenvalue weighted by atomic mass is 79.9. The maximum atomic E-state index is 13.7. The lowest BCUT2D eigenvalue weighted by Gasteiger charge is -2.17. The molecular weight excluding hydrogens is 514 g/mol. The summed E-state index contributed by atoms with van der Waals surface area (Å²) in [6.45, 7) is 0.457. The molecule has 4 aromatic carbocycles. The number of carbonyl (C=O) groups excluding carboxylic acids is 1. The highest BCUT2D eigenvalue weighted by Gasteiger charge is 2.32. The predicted octanol–water partition coefficient (Wildman–Crippen LogP) is 6.24. The van der Waals surface area contributed by atoms with Gasteiger partial charge in [0, 0.05) is 10.0 Å². The van der Waals surface area contributed by atoms with E-state index in [4.69, 9.17) is 4.98 Å². The Hall–Kier alpha value is -4.29. The smallest absolute Gasteiger partial charge is 0.266 e. The standard InChI is InChI=1S/C30H20BrN3O2/c31-21-14-16-22(17-15-21)34-28(32-26-12-6-4-11-24(26)30(34)36)18-25-23-10-5-7-13-27(23)33(29(25)35)19-20-8-2-1-3-9-20/h1-18H,19H2/b25-18+. The van der Waals surface area contributed by atoms with Crippen LogP contribution in [0.15, 0.2) is 112 Å². The third-order valence-corrected chi connectivity index (χ3v) is 6.83. The lowest BCUT2D eigenvalue weighted by Crippen LogP contribution is -2.26. The lowest BCUT2D eigenvalue weighted by molar-refractivity contribution is -0.113. The summed E-state index contributed by atoms with van der Waals surface area (Å²) in [7, 11) is 0. The molecule has 0 atom stereocenters. The largest absolute Gasteiger partial charge is 0.303 e. The van der Waals surface area contributed by atoms with Gasteiger partial charge in [-0.25, -0.2) is 4.98 Å². The molecule has 6 heteroatoms. The number of anilines is 1. The second-order valence-corrected chi connectivity index (χ2v) is 9.47. The Labute approximate surface area is 216 Å². The van der Waals surface area contributed by atoms with Crippen molar-refractivity contribution in [2.45, 2.75) is 6.54 Å². The van der Waals surface area contributed by atoms with E-state index in [9.17, 15) is 9.59 Å². The number of hydrogen-bond acceptors (Lipinski definition) is 3. The fourth-order valence-corrected chi connectivity index (χ4v) is 4.85. The number of benzene rings is 4. The van der Waals surface area contributed by atoms with Crippen LogP contribution < -0.4 is 10.5 Å². The van der Waals surface area contributed by atoms with Crippen LogP contribution >= 0.6 is 15.9 Å². The molecule has 1 aromatic heterocycles. The summed E-state index contributed by atoms with van der Waals surface area (Å²) in [5.74, 6) is 0.283. The molecule has 1 aliphatic rings. The van der Waals surface area contributed by atoms with E-state index < -0.39 is 0 Å². The van der Waals surface area contributed by atoms with Gasteiger partial charge in [0.1, 0.15) is 5.82 Å². The molecule has 5 aromatic rings. The second-order valence-electron chi connectivity index (χ2n) is 8.56. The minimum Gasteiger partial charge on any atom is -0.303 e. The third-order valence-electron chi connectivity index (χ3n) is 6.30. The van der Waals surface area contributed by atoms with Crippen LogP contribution in [0, 0.1) is 0 Å². The van der Waals surface area contributed by atoms with Crippen molar-refractivity contribution in [3.8, 4) is 5.69 Å². The van der Waals surface area contributed by atoms with Crippen molar-refractivity contribution in [3.63, 3.8) is 0 Å². The van der Waals surface area contributed by atoms with E-state index in [2.05, 4.69) is 15.9 Å². The predicted molar refractivity (Wildman–Crippen MR) is 147 cm³/mol. The number of hydrogen-bond donors (Lipinski definition) is 0. The molecule has 0 aliphatic carbocycles. The average molecular weight is 534 g/mol. The molecule has 0 bridgehead atoms. The zero-order valence-electron chi connectivity index (χ0n) is 19.1. The maximum Gasteiger partial charge on any atom is 0.266 e. The highest BCUT2D eigenvalue weighted by Crippen LogP contribution is 2.38. The molecule has 36 heavy (non-hydrogen) atoms. The van der Waals surface area contributed by atoms with Gasteiger partial charge in [-0.3, -0.25) is 14.2 Å². The topological polar surface area (TPSA) is 55.2 Å². The van der Waals surface area contributed by atoms with Crippen LogP contribution in [-0.2, 0) is 11.3 Å². The van der Waals surface area contributed by atoms with E-state index in [-0.39, 0.29) is 11.5 Å². The van der Waals surface area contributed by atoms with Gasteiger partial charge in [-0.05, 0) is 54.1 Å². The van der Waals surface area contributed by atoms with Crippen molar-refractivity contribution >= 4 is 50.1 Å². The first-order chi connectivity index (χ1) is 17.6. The van der Waals surface area contributed by atoms with Gasteiger partial charge in [0.2, 0.25) is 0 Å². The molecule has 1 aliphatic heterocycles. The minimum atomic E-state index is -0.186.